The highest BCUT2D eigenvalue weighted by Crippen LogP contribution is 2.35. The Morgan fingerprint density at radius 2 is 1.86 bits per heavy atom. The van der Waals surface area contributed by atoms with Crippen molar-refractivity contribution in [1.82, 2.24) is 15.0 Å². The normalized spacial score (nSPS) is 11.1. The fraction of sp³-hybridized carbons (Fsp3) is 0.318. The molecule has 3 aromatic heterocycles. The van der Waals surface area contributed by atoms with Gasteiger partial charge >= 0.3 is 0 Å². The van der Waals surface area contributed by atoms with E-state index in [1.807, 2.05) is 12.1 Å². The number of hydrogen-bond acceptors (Lipinski definition) is 7. The topological polar surface area (TPSA) is 69.2 Å². The molecule has 4 rings (SSSR count). The van der Waals surface area contributed by atoms with E-state index in [4.69, 9.17) is 14.5 Å². The van der Waals surface area contributed by atoms with Crippen LogP contribution in [0.25, 0.3) is 20.4 Å². The maximum Gasteiger partial charge on any atom is 0.160 e. The molecule has 0 aliphatic rings. The van der Waals surface area contributed by atoms with Crippen molar-refractivity contribution in [2.45, 2.75) is 26.2 Å². The number of methoxy groups -OCH3 is 2. The number of pyridine rings is 1. The van der Waals surface area contributed by atoms with Gasteiger partial charge in [0, 0.05) is 17.6 Å². The van der Waals surface area contributed by atoms with Crippen LogP contribution in [-0.4, -0.2) is 35.7 Å². The van der Waals surface area contributed by atoms with Gasteiger partial charge in [-0.2, -0.15) is 0 Å². The predicted octanol–water partition coefficient (Wildman–Crippen LogP) is 4.86. The molecule has 0 amide bonds. The second-order valence-corrected chi connectivity index (χ2v) is 7.77. The van der Waals surface area contributed by atoms with E-state index < -0.39 is 0 Å². The molecule has 150 valence electrons. The summed E-state index contributed by atoms with van der Waals surface area (Å²) >= 11 is 1.65. The fourth-order valence-electron chi connectivity index (χ4n) is 3.38. The van der Waals surface area contributed by atoms with Gasteiger partial charge in [-0.1, -0.05) is 19.4 Å². The number of aromatic nitrogens is 3. The highest BCUT2D eigenvalue weighted by molar-refractivity contribution is 7.25. The molecular formula is C22H24N4O2S. The molecule has 29 heavy (non-hydrogen) atoms. The lowest BCUT2D eigenvalue weighted by atomic mass is 10.1. The minimum absolute atomic E-state index is 0.738. The Hall–Kier alpha value is -2.93. The number of fused-ring (bicyclic) bond motifs is 3. The van der Waals surface area contributed by atoms with Crippen molar-refractivity contribution in [2.24, 2.45) is 0 Å². The molecule has 0 aliphatic carbocycles. The summed E-state index contributed by atoms with van der Waals surface area (Å²) in [5.74, 6) is 2.34. The van der Waals surface area contributed by atoms with Crippen molar-refractivity contribution in [2.75, 3.05) is 26.1 Å². The van der Waals surface area contributed by atoms with Crippen LogP contribution in [0, 0.1) is 0 Å². The molecule has 4 aromatic rings. The summed E-state index contributed by atoms with van der Waals surface area (Å²) in [4.78, 5) is 14.8. The van der Waals surface area contributed by atoms with Crippen molar-refractivity contribution in [1.29, 1.82) is 0 Å². The molecule has 0 fully saturated rings. The molecule has 0 spiro atoms. The number of rotatable bonds is 8. The largest absolute Gasteiger partial charge is 0.493 e. The van der Waals surface area contributed by atoms with Gasteiger partial charge in [-0.25, -0.2) is 15.0 Å². The van der Waals surface area contributed by atoms with Gasteiger partial charge in [0.25, 0.3) is 0 Å². The molecule has 0 saturated heterocycles. The average molecular weight is 409 g/mol. The van der Waals surface area contributed by atoms with Crippen molar-refractivity contribution in [3.8, 4) is 11.5 Å². The van der Waals surface area contributed by atoms with Crippen LogP contribution < -0.4 is 14.8 Å². The van der Waals surface area contributed by atoms with Crippen LogP contribution in [0.2, 0.25) is 0 Å². The first kappa shape index (κ1) is 19.4. The SMILES string of the molecule is CCCc1ccc2c(n1)sc1c(NCCc3ccc(OC)c(OC)c3)ncnc12. The van der Waals surface area contributed by atoms with Gasteiger partial charge in [-0.15, -0.1) is 11.3 Å². The van der Waals surface area contributed by atoms with E-state index in [9.17, 15) is 0 Å². The van der Waals surface area contributed by atoms with E-state index in [0.717, 1.165) is 69.3 Å². The standard InChI is InChI=1S/C22H24N4O2S/c1-4-5-15-7-8-16-19-20(29-22(16)26-15)21(25-13-24-19)23-11-10-14-6-9-17(27-2)18(12-14)28-3/h6-9,12-13H,4-5,10-11H2,1-3H3,(H,23,24,25). The number of anilines is 1. The number of nitrogens with one attached hydrogen (secondary N) is 1. The summed E-state index contributed by atoms with van der Waals surface area (Å²) in [5, 5.41) is 4.56. The minimum atomic E-state index is 0.738. The summed E-state index contributed by atoms with van der Waals surface area (Å²) in [6.07, 6.45) is 4.54. The van der Waals surface area contributed by atoms with Gasteiger partial charge in [0.1, 0.15) is 17.0 Å². The summed E-state index contributed by atoms with van der Waals surface area (Å²) in [6.45, 7) is 2.92. The van der Waals surface area contributed by atoms with Crippen molar-refractivity contribution in [3.63, 3.8) is 0 Å². The Bertz CT molecular complexity index is 1140. The lowest BCUT2D eigenvalue weighted by Crippen LogP contribution is -2.06. The molecular weight excluding hydrogens is 384 g/mol. The first-order valence-electron chi connectivity index (χ1n) is 9.71. The maximum atomic E-state index is 5.39. The molecule has 7 heteroatoms. The van der Waals surface area contributed by atoms with E-state index in [0.29, 0.717) is 0 Å². The molecule has 6 nitrogen and oxygen atoms in total. The van der Waals surface area contributed by atoms with Gasteiger partial charge in [-0.05, 0) is 42.7 Å². The first-order chi connectivity index (χ1) is 14.2. The number of benzene rings is 1. The zero-order valence-electron chi connectivity index (χ0n) is 16.9. The number of nitrogens with zero attached hydrogens (tertiary/aromatic N) is 3. The van der Waals surface area contributed by atoms with Gasteiger partial charge in [0.05, 0.1) is 24.4 Å². The van der Waals surface area contributed by atoms with Crippen molar-refractivity contribution in [3.05, 3.63) is 47.9 Å². The minimum Gasteiger partial charge on any atom is -0.493 e. The smallest absolute Gasteiger partial charge is 0.160 e. The van der Waals surface area contributed by atoms with Crippen LogP contribution >= 0.6 is 11.3 Å². The van der Waals surface area contributed by atoms with Gasteiger partial charge in [0.15, 0.2) is 11.5 Å². The molecule has 0 atom stereocenters. The predicted molar refractivity (Wildman–Crippen MR) is 118 cm³/mol. The summed E-state index contributed by atoms with van der Waals surface area (Å²) in [7, 11) is 3.30. The first-order valence-corrected chi connectivity index (χ1v) is 10.5. The van der Waals surface area contributed by atoms with Crippen LogP contribution in [0.3, 0.4) is 0 Å². The number of thiophene rings is 1. The third-order valence-corrected chi connectivity index (χ3v) is 5.93. The second kappa shape index (κ2) is 8.61. The van der Waals surface area contributed by atoms with Crippen molar-refractivity contribution < 1.29 is 9.47 Å². The quantitative estimate of drug-likeness (QED) is 0.449. The maximum absolute atomic E-state index is 5.39. The second-order valence-electron chi connectivity index (χ2n) is 6.77. The van der Waals surface area contributed by atoms with E-state index in [-0.39, 0.29) is 0 Å². The Morgan fingerprint density at radius 3 is 2.66 bits per heavy atom. The monoisotopic (exact) mass is 408 g/mol. The summed E-state index contributed by atoms with van der Waals surface area (Å²) in [6, 6.07) is 10.2. The van der Waals surface area contributed by atoms with Crippen molar-refractivity contribution >= 4 is 37.6 Å². The van der Waals surface area contributed by atoms with Crippen LogP contribution in [0.4, 0.5) is 5.82 Å². The Morgan fingerprint density at radius 1 is 1.00 bits per heavy atom. The van der Waals surface area contributed by atoms with E-state index in [1.165, 1.54) is 5.56 Å². The highest BCUT2D eigenvalue weighted by Gasteiger charge is 2.13. The van der Waals surface area contributed by atoms with E-state index in [1.54, 1.807) is 31.9 Å². The van der Waals surface area contributed by atoms with Crippen LogP contribution in [0.5, 0.6) is 11.5 Å². The van der Waals surface area contributed by atoms with Gasteiger partial charge in [-0.3, -0.25) is 0 Å². The lowest BCUT2D eigenvalue weighted by molar-refractivity contribution is 0.354. The molecule has 0 aliphatic heterocycles. The average Bonchev–Trinajstić information content (AvgIpc) is 3.12. The fourth-order valence-corrected chi connectivity index (χ4v) is 4.49. The lowest BCUT2D eigenvalue weighted by Gasteiger charge is -2.10. The Kier molecular flexibility index (Phi) is 5.76. The molecule has 1 N–H and O–H groups in total. The van der Waals surface area contributed by atoms with Gasteiger partial charge in [0.2, 0.25) is 0 Å². The zero-order valence-corrected chi connectivity index (χ0v) is 17.7. The van der Waals surface area contributed by atoms with Crippen LogP contribution in [-0.2, 0) is 12.8 Å². The third kappa shape index (κ3) is 3.96. The molecule has 1 aromatic carbocycles. The Balaban J connectivity index is 1.54. The van der Waals surface area contributed by atoms with Crippen LogP contribution in [0.15, 0.2) is 36.7 Å². The molecule has 0 bridgehead atoms. The van der Waals surface area contributed by atoms with E-state index >= 15 is 0 Å². The number of aryl methyl sites for hydroxylation is 1. The third-order valence-electron chi connectivity index (χ3n) is 4.84. The van der Waals surface area contributed by atoms with Gasteiger partial charge < -0.3 is 14.8 Å². The summed E-state index contributed by atoms with van der Waals surface area (Å²) in [5.41, 5.74) is 3.26. The number of ether oxygens (including phenoxy) is 2. The summed E-state index contributed by atoms with van der Waals surface area (Å²) < 4.78 is 11.7. The molecule has 3 heterocycles. The van der Waals surface area contributed by atoms with E-state index in [2.05, 4.69) is 40.4 Å². The molecule has 0 saturated carbocycles. The molecule has 0 radical (unpaired) electrons. The zero-order chi connectivity index (χ0) is 20.2. The Labute approximate surface area is 173 Å². The highest BCUT2D eigenvalue weighted by atomic mass is 32.1. The molecule has 0 unspecified atom stereocenters. The number of hydrogen-bond donors (Lipinski definition) is 1. The van der Waals surface area contributed by atoms with Crippen LogP contribution in [0.1, 0.15) is 24.6 Å².